The third kappa shape index (κ3) is 5.41. The number of esters is 1. The van der Waals surface area contributed by atoms with Gasteiger partial charge in [-0.25, -0.2) is 4.79 Å². The minimum absolute atomic E-state index is 0.344. The maximum atomic E-state index is 11.4. The lowest BCUT2D eigenvalue weighted by Gasteiger charge is -2.15. The molecule has 3 heteroatoms. The van der Waals surface area contributed by atoms with Gasteiger partial charge in [-0.2, -0.15) is 0 Å². The summed E-state index contributed by atoms with van der Waals surface area (Å²) in [4.78, 5) is 13.9. The average Bonchev–Trinajstić information content (AvgIpc) is 3.21. The second-order valence-electron chi connectivity index (χ2n) is 6.97. The highest BCUT2D eigenvalue weighted by Gasteiger charge is 2.11. The molecule has 1 aliphatic rings. The van der Waals surface area contributed by atoms with Gasteiger partial charge in [0.2, 0.25) is 0 Å². The molecule has 0 saturated carbocycles. The first-order valence-electron chi connectivity index (χ1n) is 9.52. The van der Waals surface area contributed by atoms with Crippen molar-refractivity contribution in [1.29, 1.82) is 0 Å². The summed E-state index contributed by atoms with van der Waals surface area (Å²) < 4.78 is 4.68. The zero-order chi connectivity index (χ0) is 19.1. The Morgan fingerprint density at radius 1 is 1.07 bits per heavy atom. The number of carbonyl (C=O) groups is 1. The van der Waals surface area contributed by atoms with Crippen LogP contribution >= 0.6 is 0 Å². The SMILES string of the molecule is COC(=O)C=Cc1cccc(C(=CCN2CCCC2)c2ccc(C)cc2)c1. The summed E-state index contributed by atoms with van der Waals surface area (Å²) in [7, 11) is 1.39. The minimum atomic E-state index is -0.344. The molecular formula is C24H27NO2. The predicted octanol–water partition coefficient (Wildman–Crippen LogP) is 4.71. The molecule has 1 aliphatic heterocycles. The number of aryl methyl sites for hydroxylation is 1. The monoisotopic (exact) mass is 361 g/mol. The highest BCUT2D eigenvalue weighted by atomic mass is 16.5. The van der Waals surface area contributed by atoms with Crippen LogP contribution < -0.4 is 0 Å². The first kappa shape index (κ1) is 19.1. The van der Waals surface area contributed by atoms with Crippen LogP contribution in [0, 0.1) is 6.92 Å². The van der Waals surface area contributed by atoms with E-state index in [1.165, 1.54) is 55.8 Å². The van der Waals surface area contributed by atoms with Crippen LogP contribution in [0.1, 0.15) is 35.1 Å². The van der Waals surface area contributed by atoms with Gasteiger partial charge in [0, 0.05) is 12.6 Å². The molecule has 0 amide bonds. The molecule has 0 radical (unpaired) electrons. The van der Waals surface area contributed by atoms with E-state index in [1.807, 2.05) is 12.1 Å². The van der Waals surface area contributed by atoms with Gasteiger partial charge in [-0.1, -0.05) is 54.1 Å². The Morgan fingerprint density at radius 3 is 2.52 bits per heavy atom. The number of likely N-dealkylation sites (tertiary alicyclic amines) is 1. The molecule has 0 spiro atoms. The first-order valence-corrected chi connectivity index (χ1v) is 9.52. The van der Waals surface area contributed by atoms with Gasteiger partial charge in [-0.15, -0.1) is 0 Å². The fourth-order valence-corrected chi connectivity index (χ4v) is 3.36. The first-order chi connectivity index (χ1) is 13.2. The molecule has 0 aliphatic carbocycles. The standard InChI is InChI=1S/C24H27NO2/c1-19-8-11-21(12-9-19)23(14-17-25-15-3-4-16-25)22-7-5-6-20(18-22)10-13-24(26)27-2/h5-14,18H,3-4,15-17H2,1-2H3. The molecule has 1 fully saturated rings. The highest BCUT2D eigenvalue weighted by Crippen LogP contribution is 2.25. The van der Waals surface area contributed by atoms with Crippen LogP contribution in [-0.2, 0) is 9.53 Å². The van der Waals surface area contributed by atoms with E-state index in [1.54, 1.807) is 6.08 Å². The van der Waals surface area contributed by atoms with Crippen molar-refractivity contribution >= 4 is 17.6 Å². The number of carbonyl (C=O) groups excluding carboxylic acids is 1. The van der Waals surface area contributed by atoms with E-state index in [0.717, 1.165) is 17.7 Å². The van der Waals surface area contributed by atoms with Gasteiger partial charge < -0.3 is 4.74 Å². The number of benzene rings is 2. The summed E-state index contributed by atoms with van der Waals surface area (Å²) >= 11 is 0. The molecule has 0 atom stereocenters. The second kappa shape index (κ2) is 9.33. The number of ether oxygens (including phenoxy) is 1. The maximum absolute atomic E-state index is 11.4. The van der Waals surface area contributed by atoms with E-state index in [4.69, 9.17) is 0 Å². The number of rotatable bonds is 6. The number of nitrogens with zero attached hydrogens (tertiary/aromatic N) is 1. The van der Waals surface area contributed by atoms with Crippen molar-refractivity contribution in [3.05, 3.63) is 82.9 Å². The van der Waals surface area contributed by atoms with Crippen LogP contribution in [0.4, 0.5) is 0 Å². The van der Waals surface area contributed by atoms with Gasteiger partial charge in [-0.3, -0.25) is 4.90 Å². The molecule has 3 nitrogen and oxygen atoms in total. The smallest absolute Gasteiger partial charge is 0.330 e. The Labute approximate surface area is 162 Å². The molecule has 0 aromatic heterocycles. The van der Waals surface area contributed by atoms with Crippen molar-refractivity contribution in [3.8, 4) is 0 Å². The summed E-state index contributed by atoms with van der Waals surface area (Å²) in [5, 5.41) is 0. The molecule has 1 heterocycles. The van der Waals surface area contributed by atoms with Crippen molar-refractivity contribution in [2.24, 2.45) is 0 Å². The Morgan fingerprint density at radius 2 is 1.81 bits per heavy atom. The second-order valence-corrected chi connectivity index (χ2v) is 6.97. The zero-order valence-corrected chi connectivity index (χ0v) is 16.2. The van der Waals surface area contributed by atoms with Gasteiger partial charge in [0.1, 0.15) is 0 Å². The zero-order valence-electron chi connectivity index (χ0n) is 16.2. The van der Waals surface area contributed by atoms with Crippen molar-refractivity contribution < 1.29 is 9.53 Å². The van der Waals surface area contributed by atoms with Gasteiger partial charge >= 0.3 is 5.97 Å². The van der Waals surface area contributed by atoms with Crippen LogP contribution in [0.5, 0.6) is 0 Å². The third-order valence-electron chi connectivity index (χ3n) is 4.93. The quantitative estimate of drug-likeness (QED) is 0.551. The fourth-order valence-electron chi connectivity index (χ4n) is 3.36. The van der Waals surface area contributed by atoms with E-state index in [0.29, 0.717) is 0 Å². The summed E-state index contributed by atoms with van der Waals surface area (Å²) in [6.45, 7) is 5.43. The maximum Gasteiger partial charge on any atom is 0.330 e. The van der Waals surface area contributed by atoms with Crippen LogP contribution in [-0.4, -0.2) is 37.6 Å². The molecule has 0 bridgehead atoms. The molecule has 2 aromatic rings. The Balaban J connectivity index is 1.92. The Bertz CT molecular complexity index is 828. The predicted molar refractivity (Wildman–Crippen MR) is 111 cm³/mol. The van der Waals surface area contributed by atoms with E-state index in [2.05, 4.69) is 59.0 Å². The van der Waals surface area contributed by atoms with Crippen molar-refractivity contribution in [3.63, 3.8) is 0 Å². The summed E-state index contributed by atoms with van der Waals surface area (Å²) in [5.74, 6) is -0.344. The third-order valence-corrected chi connectivity index (χ3v) is 4.93. The van der Waals surface area contributed by atoms with Crippen molar-refractivity contribution in [2.75, 3.05) is 26.7 Å². The Kier molecular flexibility index (Phi) is 6.61. The van der Waals surface area contributed by atoms with Crippen LogP contribution in [0.25, 0.3) is 11.6 Å². The molecular weight excluding hydrogens is 334 g/mol. The minimum Gasteiger partial charge on any atom is -0.466 e. The highest BCUT2D eigenvalue weighted by molar-refractivity contribution is 5.87. The number of methoxy groups -OCH3 is 1. The lowest BCUT2D eigenvalue weighted by atomic mass is 9.95. The lowest BCUT2D eigenvalue weighted by Crippen LogP contribution is -2.19. The van der Waals surface area contributed by atoms with E-state index >= 15 is 0 Å². The van der Waals surface area contributed by atoms with E-state index < -0.39 is 0 Å². The van der Waals surface area contributed by atoms with Crippen LogP contribution in [0.15, 0.2) is 60.7 Å². The number of hydrogen-bond donors (Lipinski definition) is 0. The summed E-state index contributed by atoms with van der Waals surface area (Å²) in [6.07, 6.45) is 8.17. The molecule has 2 aromatic carbocycles. The van der Waals surface area contributed by atoms with Crippen molar-refractivity contribution in [2.45, 2.75) is 19.8 Å². The molecule has 1 saturated heterocycles. The normalized spacial score (nSPS) is 15.4. The van der Waals surface area contributed by atoms with Gasteiger partial charge in [-0.05, 0) is 67.3 Å². The van der Waals surface area contributed by atoms with E-state index in [9.17, 15) is 4.79 Å². The topological polar surface area (TPSA) is 29.5 Å². The van der Waals surface area contributed by atoms with Crippen molar-refractivity contribution in [1.82, 2.24) is 4.90 Å². The molecule has 140 valence electrons. The fraction of sp³-hybridized carbons (Fsp3) is 0.292. The lowest BCUT2D eigenvalue weighted by molar-refractivity contribution is -0.134. The van der Waals surface area contributed by atoms with Crippen LogP contribution in [0.2, 0.25) is 0 Å². The van der Waals surface area contributed by atoms with Gasteiger partial charge in [0.25, 0.3) is 0 Å². The van der Waals surface area contributed by atoms with E-state index in [-0.39, 0.29) is 5.97 Å². The largest absolute Gasteiger partial charge is 0.466 e. The molecule has 27 heavy (non-hydrogen) atoms. The molecule has 3 rings (SSSR count). The summed E-state index contributed by atoms with van der Waals surface area (Å²) in [5.41, 5.74) is 5.85. The van der Waals surface area contributed by atoms with Gasteiger partial charge in [0.15, 0.2) is 0 Å². The Hall–Kier alpha value is -2.65. The van der Waals surface area contributed by atoms with Gasteiger partial charge in [0.05, 0.1) is 7.11 Å². The number of hydrogen-bond acceptors (Lipinski definition) is 3. The molecule has 0 N–H and O–H groups in total. The average molecular weight is 361 g/mol. The van der Waals surface area contributed by atoms with Crippen LogP contribution in [0.3, 0.4) is 0 Å². The molecule has 0 unspecified atom stereocenters. The summed E-state index contributed by atoms with van der Waals surface area (Å²) in [6, 6.07) is 16.9.